The van der Waals surface area contributed by atoms with Crippen LogP contribution in [0.4, 0.5) is 5.69 Å². The molecule has 0 aliphatic heterocycles. The highest BCUT2D eigenvalue weighted by Crippen LogP contribution is 2.31. The molecule has 118 valence electrons. The lowest BCUT2D eigenvalue weighted by molar-refractivity contribution is 0.327. The average molecular weight is 309 g/mol. The van der Waals surface area contributed by atoms with E-state index in [2.05, 4.69) is 12.2 Å². The highest BCUT2D eigenvalue weighted by Gasteiger charge is 2.23. The number of nitrogens with one attached hydrogen (secondary N) is 1. The fourth-order valence-electron chi connectivity index (χ4n) is 3.25. The Morgan fingerprint density at radius 2 is 1.95 bits per heavy atom. The Labute approximate surface area is 129 Å². The van der Waals surface area contributed by atoms with Crippen molar-refractivity contribution in [2.75, 3.05) is 11.1 Å². The second-order valence-corrected chi connectivity index (χ2v) is 8.17. The number of benzene rings is 1. The van der Waals surface area contributed by atoms with Crippen LogP contribution < -0.4 is 5.32 Å². The molecular formula is C17H27NO2S. The van der Waals surface area contributed by atoms with E-state index in [0.29, 0.717) is 17.4 Å². The molecule has 4 heteroatoms. The summed E-state index contributed by atoms with van der Waals surface area (Å²) in [7, 11) is -3.17. The SMILES string of the molecule is CCCS(=O)(=O)c1ccccc1NC1CCCC(CC)C1. The second kappa shape index (κ2) is 7.30. The summed E-state index contributed by atoms with van der Waals surface area (Å²) in [5, 5.41) is 3.50. The van der Waals surface area contributed by atoms with Crippen LogP contribution in [-0.2, 0) is 9.84 Å². The first-order valence-electron chi connectivity index (χ1n) is 8.15. The van der Waals surface area contributed by atoms with Crippen molar-refractivity contribution in [3.8, 4) is 0 Å². The van der Waals surface area contributed by atoms with Gasteiger partial charge in [0.1, 0.15) is 0 Å². The van der Waals surface area contributed by atoms with Crippen LogP contribution in [0.1, 0.15) is 52.4 Å². The molecule has 1 saturated carbocycles. The summed E-state index contributed by atoms with van der Waals surface area (Å²) in [5.74, 6) is 0.990. The van der Waals surface area contributed by atoms with E-state index in [-0.39, 0.29) is 5.75 Å². The summed E-state index contributed by atoms with van der Waals surface area (Å²) in [6.07, 6.45) is 6.70. The van der Waals surface area contributed by atoms with Gasteiger partial charge >= 0.3 is 0 Å². The van der Waals surface area contributed by atoms with Crippen molar-refractivity contribution in [2.24, 2.45) is 5.92 Å². The molecule has 1 aromatic carbocycles. The number of anilines is 1. The maximum atomic E-state index is 12.4. The first-order valence-corrected chi connectivity index (χ1v) is 9.80. The molecule has 1 aliphatic rings. The molecule has 0 radical (unpaired) electrons. The molecule has 0 aromatic heterocycles. The third-order valence-corrected chi connectivity index (χ3v) is 6.39. The number of hydrogen-bond donors (Lipinski definition) is 1. The van der Waals surface area contributed by atoms with Crippen molar-refractivity contribution >= 4 is 15.5 Å². The van der Waals surface area contributed by atoms with Gasteiger partial charge in [0, 0.05) is 6.04 Å². The molecule has 1 fully saturated rings. The molecule has 3 nitrogen and oxygen atoms in total. The van der Waals surface area contributed by atoms with Crippen LogP contribution >= 0.6 is 0 Å². The average Bonchev–Trinajstić information content (AvgIpc) is 2.48. The highest BCUT2D eigenvalue weighted by atomic mass is 32.2. The monoisotopic (exact) mass is 309 g/mol. The van der Waals surface area contributed by atoms with Crippen molar-refractivity contribution in [3.63, 3.8) is 0 Å². The zero-order chi connectivity index (χ0) is 15.3. The van der Waals surface area contributed by atoms with Gasteiger partial charge in [-0.25, -0.2) is 8.42 Å². The number of para-hydroxylation sites is 1. The third-order valence-electron chi connectivity index (χ3n) is 4.41. The van der Waals surface area contributed by atoms with Gasteiger partial charge in [-0.3, -0.25) is 0 Å². The summed E-state index contributed by atoms with van der Waals surface area (Å²) in [6.45, 7) is 4.15. The minimum Gasteiger partial charge on any atom is -0.381 e. The zero-order valence-corrected chi connectivity index (χ0v) is 14.0. The van der Waals surface area contributed by atoms with E-state index in [0.717, 1.165) is 24.4 Å². The molecule has 0 amide bonds. The Morgan fingerprint density at radius 1 is 1.19 bits per heavy atom. The van der Waals surface area contributed by atoms with Gasteiger partial charge in [-0.2, -0.15) is 0 Å². The van der Waals surface area contributed by atoms with Gasteiger partial charge < -0.3 is 5.32 Å². The Bertz CT molecular complexity index is 554. The summed E-state index contributed by atoms with van der Waals surface area (Å²) < 4.78 is 24.8. The smallest absolute Gasteiger partial charge is 0.180 e. The molecule has 0 spiro atoms. The van der Waals surface area contributed by atoms with Crippen LogP contribution in [0.2, 0.25) is 0 Å². The standard InChI is InChI=1S/C17H27NO2S/c1-3-12-21(19,20)17-11-6-5-10-16(17)18-15-9-7-8-14(4-2)13-15/h5-6,10-11,14-15,18H,3-4,7-9,12-13H2,1-2H3. The summed E-state index contributed by atoms with van der Waals surface area (Å²) in [4.78, 5) is 0.463. The highest BCUT2D eigenvalue weighted by molar-refractivity contribution is 7.91. The Hall–Kier alpha value is -1.03. The molecule has 1 aromatic rings. The summed E-state index contributed by atoms with van der Waals surface area (Å²) in [5.41, 5.74) is 0.785. The van der Waals surface area contributed by atoms with Crippen molar-refractivity contribution in [2.45, 2.75) is 63.3 Å². The minimum atomic E-state index is -3.17. The Balaban J connectivity index is 2.17. The lowest BCUT2D eigenvalue weighted by Gasteiger charge is -2.30. The van der Waals surface area contributed by atoms with Crippen molar-refractivity contribution in [1.82, 2.24) is 0 Å². The van der Waals surface area contributed by atoms with Crippen molar-refractivity contribution in [3.05, 3.63) is 24.3 Å². The number of rotatable bonds is 6. The molecule has 2 rings (SSSR count). The van der Waals surface area contributed by atoms with E-state index in [1.165, 1.54) is 19.3 Å². The van der Waals surface area contributed by atoms with Crippen molar-refractivity contribution in [1.29, 1.82) is 0 Å². The van der Waals surface area contributed by atoms with Crippen LogP contribution in [0.5, 0.6) is 0 Å². The molecule has 0 heterocycles. The van der Waals surface area contributed by atoms with Gasteiger partial charge in [-0.05, 0) is 37.3 Å². The van der Waals surface area contributed by atoms with Crippen LogP contribution in [0.15, 0.2) is 29.2 Å². The van der Waals surface area contributed by atoms with Crippen LogP contribution in [0.25, 0.3) is 0 Å². The van der Waals surface area contributed by atoms with Crippen molar-refractivity contribution < 1.29 is 8.42 Å². The first-order chi connectivity index (χ1) is 10.1. The topological polar surface area (TPSA) is 46.2 Å². The minimum absolute atomic E-state index is 0.216. The summed E-state index contributed by atoms with van der Waals surface area (Å²) >= 11 is 0. The van der Waals surface area contributed by atoms with E-state index in [1.807, 2.05) is 25.1 Å². The molecule has 21 heavy (non-hydrogen) atoms. The predicted molar refractivity (Wildman–Crippen MR) is 88.4 cm³/mol. The fourth-order valence-corrected chi connectivity index (χ4v) is 4.75. The maximum Gasteiger partial charge on any atom is 0.180 e. The van der Waals surface area contributed by atoms with Gasteiger partial charge in [0.15, 0.2) is 9.84 Å². The van der Waals surface area contributed by atoms with Gasteiger partial charge in [0.2, 0.25) is 0 Å². The van der Waals surface area contributed by atoms with Crippen LogP contribution in [-0.4, -0.2) is 20.2 Å². The zero-order valence-electron chi connectivity index (χ0n) is 13.1. The van der Waals surface area contributed by atoms with E-state index >= 15 is 0 Å². The Kier molecular flexibility index (Phi) is 5.68. The molecule has 1 aliphatic carbocycles. The van der Waals surface area contributed by atoms with Gasteiger partial charge in [-0.15, -0.1) is 0 Å². The molecule has 0 bridgehead atoms. The normalized spacial score (nSPS) is 23.0. The second-order valence-electron chi connectivity index (χ2n) is 6.10. The lowest BCUT2D eigenvalue weighted by atomic mass is 9.84. The molecular weight excluding hydrogens is 282 g/mol. The molecule has 2 atom stereocenters. The predicted octanol–water partition coefficient (Wildman–Crippen LogP) is 4.25. The molecule has 2 unspecified atom stereocenters. The third kappa shape index (κ3) is 4.22. The lowest BCUT2D eigenvalue weighted by Crippen LogP contribution is -2.27. The molecule has 0 saturated heterocycles. The quantitative estimate of drug-likeness (QED) is 0.854. The number of sulfone groups is 1. The van der Waals surface area contributed by atoms with Gasteiger partial charge in [0.25, 0.3) is 0 Å². The Morgan fingerprint density at radius 3 is 2.67 bits per heavy atom. The summed E-state index contributed by atoms with van der Waals surface area (Å²) in [6, 6.07) is 7.75. The fraction of sp³-hybridized carbons (Fsp3) is 0.647. The molecule has 1 N–H and O–H groups in total. The number of hydrogen-bond acceptors (Lipinski definition) is 3. The largest absolute Gasteiger partial charge is 0.381 e. The van der Waals surface area contributed by atoms with Gasteiger partial charge in [0.05, 0.1) is 16.3 Å². The van der Waals surface area contributed by atoms with Crippen LogP contribution in [0.3, 0.4) is 0 Å². The van der Waals surface area contributed by atoms with E-state index in [1.54, 1.807) is 6.07 Å². The van der Waals surface area contributed by atoms with E-state index in [4.69, 9.17) is 0 Å². The van der Waals surface area contributed by atoms with E-state index < -0.39 is 9.84 Å². The van der Waals surface area contributed by atoms with Crippen LogP contribution in [0, 0.1) is 5.92 Å². The first kappa shape index (κ1) is 16.3. The maximum absolute atomic E-state index is 12.4. The van der Waals surface area contributed by atoms with E-state index in [9.17, 15) is 8.42 Å². The van der Waals surface area contributed by atoms with Gasteiger partial charge in [-0.1, -0.05) is 45.2 Å².